The smallest absolute Gasteiger partial charge is 0.255 e. The van der Waals surface area contributed by atoms with Gasteiger partial charge in [-0.05, 0) is 46.8 Å². The summed E-state index contributed by atoms with van der Waals surface area (Å²) in [5, 5.41) is 0. The fraction of sp³-hybridized carbons (Fsp3) is 0.500. The van der Waals surface area contributed by atoms with Crippen molar-refractivity contribution in [2.75, 3.05) is 13.1 Å². The Morgan fingerprint density at radius 1 is 1.42 bits per heavy atom. The Balaban J connectivity index is 2.07. The van der Waals surface area contributed by atoms with Gasteiger partial charge in [0.1, 0.15) is 5.82 Å². The second kappa shape index (κ2) is 6.35. The van der Waals surface area contributed by atoms with Crippen molar-refractivity contribution in [2.24, 2.45) is 5.92 Å². The normalized spacial score (nSPS) is 18.4. The number of carbonyl (C=O) groups excluding carboxylic acids is 1. The molecule has 1 heterocycles. The molecule has 0 saturated carbocycles. The van der Waals surface area contributed by atoms with Crippen molar-refractivity contribution in [1.29, 1.82) is 0 Å². The summed E-state index contributed by atoms with van der Waals surface area (Å²) in [5.74, 6) is 0.127. The van der Waals surface area contributed by atoms with Gasteiger partial charge in [0.15, 0.2) is 0 Å². The van der Waals surface area contributed by atoms with E-state index in [1.165, 1.54) is 6.07 Å². The molecule has 1 fully saturated rings. The van der Waals surface area contributed by atoms with Gasteiger partial charge < -0.3 is 4.90 Å². The predicted molar refractivity (Wildman–Crippen MR) is 81.1 cm³/mol. The highest BCUT2D eigenvalue weighted by atomic mass is 79.9. The molecule has 5 heteroatoms. The van der Waals surface area contributed by atoms with Gasteiger partial charge in [-0.1, -0.05) is 28.9 Å². The second-order valence-electron chi connectivity index (χ2n) is 4.91. The lowest BCUT2D eigenvalue weighted by atomic mass is 9.94. The minimum absolute atomic E-state index is 0.0907. The van der Waals surface area contributed by atoms with Crippen LogP contribution in [-0.4, -0.2) is 28.7 Å². The lowest BCUT2D eigenvalue weighted by molar-refractivity contribution is 0.0690. The molecule has 0 aliphatic carbocycles. The Morgan fingerprint density at radius 2 is 2.05 bits per heavy atom. The third-order valence-corrected chi connectivity index (χ3v) is 5.21. The van der Waals surface area contributed by atoms with Gasteiger partial charge in [-0.25, -0.2) is 4.39 Å². The molecule has 1 aromatic rings. The van der Waals surface area contributed by atoms with Crippen LogP contribution in [0, 0.1) is 11.7 Å². The van der Waals surface area contributed by atoms with Gasteiger partial charge in [-0.2, -0.15) is 0 Å². The Morgan fingerprint density at radius 3 is 2.63 bits per heavy atom. The first-order valence-corrected chi connectivity index (χ1v) is 8.09. The molecule has 1 saturated heterocycles. The van der Waals surface area contributed by atoms with Crippen LogP contribution in [0.3, 0.4) is 0 Å². The summed E-state index contributed by atoms with van der Waals surface area (Å²) < 4.78 is 13.7. The number of likely N-dealkylation sites (tertiary alicyclic amines) is 1. The lowest BCUT2D eigenvalue weighted by Gasteiger charge is -2.33. The number of nitrogens with zero attached hydrogens (tertiary/aromatic N) is 1. The number of piperidine rings is 1. The molecule has 2 rings (SSSR count). The van der Waals surface area contributed by atoms with E-state index in [-0.39, 0.29) is 10.4 Å². The molecule has 1 aliphatic heterocycles. The topological polar surface area (TPSA) is 20.3 Å². The Labute approximate surface area is 129 Å². The Kier molecular flexibility index (Phi) is 5.01. The first-order valence-electron chi connectivity index (χ1n) is 6.38. The van der Waals surface area contributed by atoms with E-state index < -0.39 is 5.82 Å². The maximum Gasteiger partial charge on any atom is 0.255 e. The Hall–Kier alpha value is -0.420. The molecule has 0 aromatic heterocycles. The number of alkyl halides is 1. The molecule has 0 spiro atoms. The van der Waals surface area contributed by atoms with E-state index in [1.807, 2.05) is 4.90 Å². The number of carbonyl (C=O) groups is 1. The molecule has 1 atom stereocenters. The molecule has 1 aromatic carbocycles. The summed E-state index contributed by atoms with van der Waals surface area (Å²) >= 11 is 6.75. The van der Waals surface area contributed by atoms with Crippen LogP contribution in [0.1, 0.15) is 30.1 Å². The SMILES string of the molecule is CC(Br)C1CCN(C(=O)c2cccc(F)c2Br)CC1. The van der Waals surface area contributed by atoms with Crippen molar-refractivity contribution in [3.63, 3.8) is 0 Å². The average molecular weight is 393 g/mol. The summed E-state index contributed by atoms with van der Waals surface area (Å²) in [6, 6.07) is 4.58. The van der Waals surface area contributed by atoms with E-state index >= 15 is 0 Å². The van der Waals surface area contributed by atoms with Crippen LogP contribution in [0.15, 0.2) is 22.7 Å². The van der Waals surface area contributed by atoms with Crippen molar-refractivity contribution in [2.45, 2.75) is 24.6 Å². The highest BCUT2D eigenvalue weighted by Crippen LogP contribution is 2.27. The quantitative estimate of drug-likeness (QED) is 0.690. The highest BCUT2D eigenvalue weighted by Gasteiger charge is 2.27. The molecule has 0 N–H and O–H groups in total. The van der Waals surface area contributed by atoms with Crippen molar-refractivity contribution < 1.29 is 9.18 Å². The van der Waals surface area contributed by atoms with Gasteiger partial charge in [0.2, 0.25) is 0 Å². The predicted octanol–water partition coefficient (Wildman–Crippen LogP) is 4.22. The summed E-state index contributed by atoms with van der Waals surface area (Å²) in [4.78, 5) is 14.7. The number of hydrogen-bond acceptors (Lipinski definition) is 1. The van der Waals surface area contributed by atoms with E-state index in [9.17, 15) is 9.18 Å². The maximum atomic E-state index is 13.5. The number of halogens is 3. The fourth-order valence-corrected chi connectivity index (χ4v) is 3.36. The summed E-state index contributed by atoms with van der Waals surface area (Å²) in [7, 11) is 0. The number of benzene rings is 1. The molecular formula is C14H16Br2FNO. The van der Waals surface area contributed by atoms with Crippen LogP contribution >= 0.6 is 31.9 Å². The Bertz CT molecular complexity index is 471. The first kappa shape index (κ1) is 15.0. The average Bonchev–Trinajstić information content (AvgIpc) is 2.41. The molecule has 1 unspecified atom stereocenters. The number of amides is 1. The van der Waals surface area contributed by atoms with E-state index in [1.54, 1.807) is 12.1 Å². The largest absolute Gasteiger partial charge is 0.339 e. The standard InChI is InChI=1S/C14H16Br2FNO/c1-9(15)10-5-7-18(8-6-10)14(19)11-3-2-4-12(17)13(11)16/h2-4,9-10H,5-8H2,1H3. The molecule has 1 amide bonds. The van der Waals surface area contributed by atoms with Crippen molar-refractivity contribution in [1.82, 2.24) is 4.90 Å². The van der Waals surface area contributed by atoms with E-state index in [4.69, 9.17) is 0 Å². The van der Waals surface area contributed by atoms with Gasteiger partial charge >= 0.3 is 0 Å². The van der Waals surface area contributed by atoms with Gasteiger partial charge in [0.05, 0.1) is 10.0 Å². The zero-order valence-electron chi connectivity index (χ0n) is 10.7. The van der Waals surface area contributed by atoms with E-state index in [0.717, 1.165) is 25.9 Å². The van der Waals surface area contributed by atoms with Crippen LogP contribution in [-0.2, 0) is 0 Å². The van der Waals surface area contributed by atoms with Gasteiger partial charge in [0, 0.05) is 17.9 Å². The van der Waals surface area contributed by atoms with Crippen LogP contribution in [0.5, 0.6) is 0 Å². The van der Waals surface area contributed by atoms with Crippen molar-refractivity contribution in [3.8, 4) is 0 Å². The van der Waals surface area contributed by atoms with Gasteiger partial charge in [-0.3, -0.25) is 4.79 Å². The van der Waals surface area contributed by atoms with Crippen LogP contribution in [0.2, 0.25) is 0 Å². The third kappa shape index (κ3) is 3.37. The van der Waals surface area contributed by atoms with Gasteiger partial charge in [-0.15, -0.1) is 0 Å². The molecule has 19 heavy (non-hydrogen) atoms. The molecule has 0 radical (unpaired) electrons. The first-order chi connectivity index (χ1) is 9.00. The third-order valence-electron chi connectivity index (χ3n) is 3.66. The van der Waals surface area contributed by atoms with Crippen molar-refractivity contribution in [3.05, 3.63) is 34.1 Å². The lowest BCUT2D eigenvalue weighted by Crippen LogP contribution is -2.40. The van der Waals surface area contributed by atoms with Gasteiger partial charge in [0.25, 0.3) is 5.91 Å². The van der Waals surface area contributed by atoms with Crippen LogP contribution in [0.25, 0.3) is 0 Å². The van der Waals surface area contributed by atoms with Crippen LogP contribution in [0.4, 0.5) is 4.39 Å². The zero-order valence-corrected chi connectivity index (χ0v) is 13.9. The summed E-state index contributed by atoms with van der Waals surface area (Å²) in [5.41, 5.74) is 0.408. The van der Waals surface area contributed by atoms with Crippen LogP contribution < -0.4 is 0 Å². The minimum Gasteiger partial charge on any atom is -0.339 e. The summed E-state index contributed by atoms with van der Waals surface area (Å²) in [6.45, 7) is 3.62. The van der Waals surface area contributed by atoms with Crippen molar-refractivity contribution >= 4 is 37.8 Å². The fourth-order valence-electron chi connectivity index (χ4n) is 2.40. The van der Waals surface area contributed by atoms with E-state index in [0.29, 0.717) is 16.3 Å². The molecule has 0 bridgehead atoms. The van der Waals surface area contributed by atoms with E-state index in [2.05, 4.69) is 38.8 Å². The molecular weight excluding hydrogens is 377 g/mol. The minimum atomic E-state index is -0.394. The second-order valence-corrected chi connectivity index (χ2v) is 7.15. The molecule has 2 nitrogen and oxygen atoms in total. The monoisotopic (exact) mass is 391 g/mol. The zero-order chi connectivity index (χ0) is 14.0. The summed E-state index contributed by atoms with van der Waals surface area (Å²) in [6.07, 6.45) is 1.98. The highest BCUT2D eigenvalue weighted by molar-refractivity contribution is 9.10. The maximum absolute atomic E-state index is 13.5. The molecule has 1 aliphatic rings. The number of hydrogen-bond donors (Lipinski definition) is 0. The number of rotatable bonds is 2. The molecule has 104 valence electrons.